The van der Waals surface area contributed by atoms with Gasteiger partial charge in [0.05, 0.1) is 19.6 Å². The summed E-state index contributed by atoms with van der Waals surface area (Å²) in [7, 11) is 0. The number of carbonyl (C=O) groups is 1. The average Bonchev–Trinajstić information content (AvgIpc) is 2.52. The minimum atomic E-state index is -1.08. The van der Waals surface area contributed by atoms with E-state index in [0.717, 1.165) is 12.8 Å². The molecule has 1 aliphatic heterocycles. The third-order valence-electron chi connectivity index (χ3n) is 2.66. The summed E-state index contributed by atoms with van der Waals surface area (Å²) in [5, 5.41) is 8.89. The molecule has 0 aromatic heterocycles. The van der Waals surface area contributed by atoms with Gasteiger partial charge in [-0.3, -0.25) is 0 Å². The van der Waals surface area contributed by atoms with Crippen molar-refractivity contribution in [3.63, 3.8) is 0 Å². The summed E-state index contributed by atoms with van der Waals surface area (Å²) in [6, 6.07) is 0. The van der Waals surface area contributed by atoms with Gasteiger partial charge in [-0.1, -0.05) is 13.8 Å². The van der Waals surface area contributed by atoms with Gasteiger partial charge in [-0.2, -0.15) is 0 Å². The second-order valence-corrected chi connectivity index (χ2v) is 4.01. The van der Waals surface area contributed by atoms with Gasteiger partial charge in [0, 0.05) is 18.3 Å². The third kappa shape index (κ3) is 6.89. The predicted molar refractivity (Wildman–Crippen MR) is 54.9 cm³/mol. The number of aliphatic carboxylic acids is 1. The van der Waals surface area contributed by atoms with Crippen LogP contribution >= 0.6 is 0 Å². The van der Waals surface area contributed by atoms with Crippen LogP contribution in [-0.4, -0.2) is 25.6 Å². The normalized spacial score (nSPS) is 25.4. The third-order valence-corrected chi connectivity index (χ3v) is 2.66. The smallest absolute Gasteiger partial charge is 0.0801 e. The maximum Gasteiger partial charge on any atom is 0.0801 e. The van der Waals surface area contributed by atoms with E-state index in [1.54, 1.807) is 0 Å². The van der Waals surface area contributed by atoms with Crippen LogP contribution in [0.15, 0.2) is 0 Å². The molecule has 0 amide bonds. The number of hydrogen-bond acceptors (Lipinski definition) is 2. The number of carbonyl (C=O) groups excluding carboxylic acids is 1. The molecular weight excluding hydrogens is 178 g/mol. The van der Waals surface area contributed by atoms with Gasteiger partial charge in [-0.15, -0.1) is 0 Å². The zero-order valence-corrected chi connectivity index (χ0v) is 9.64. The molecule has 3 nitrogen and oxygen atoms in total. The van der Waals surface area contributed by atoms with Crippen molar-refractivity contribution in [1.82, 2.24) is 0 Å². The summed E-state index contributed by atoms with van der Waals surface area (Å²) < 4.78 is 0. The first-order valence-corrected chi connectivity index (χ1v) is 5.61. The predicted octanol–water partition coefficient (Wildman–Crippen LogP) is -0.533. The Kier molecular flexibility index (Phi) is 7.48. The lowest BCUT2D eigenvalue weighted by Gasteiger charge is -2.10. The molecule has 1 fully saturated rings. The number of carboxylic acids is 1. The standard InChI is InChI=1S/C9H19N.C2H4O2/c1-3-6-10-7-5-9(4-2)8-10;1-2(3)4/h9H,3-8H2,1-2H3;1H3,(H,3,4). The average molecular weight is 201 g/mol. The number of carboxylic acid groups (broad SMARTS) is 1. The van der Waals surface area contributed by atoms with Crippen molar-refractivity contribution in [3.05, 3.63) is 0 Å². The molecule has 0 aliphatic carbocycles. The Hall–Kier alpha value is -0.570. The molecule has 3 heteroatoms. The van der Waals surface area contributed by atoms with Crippen molar-refractivity contribution >= 4 is 5.97 Å². The quantitative estimate of drug-likeness (QED) is 0.667. The van der Waals surface area contributed by atoms with Gasteiger partial charge >= 0.3 is 0 Å². The van der Waals surface area contributed by atoms with Crippen LogP contribution in [0.25, 0.3) is 0 Å². The van der Waals surface area contributed by atoms with Crippen LogP contribution in [0.1, 0.15) is 40.0 Å². The minimum Gasteiger partial charge on any atom is -0.550 e. The van der Waals surface area contributed by atoms with E-state index in [1.165, 1.54) is 38.9 Å². The van der Waals surface area contributed by atoms with Crippen LogP contribution in [0.4, 0.5) is 0 Å². The summed E-state index contributed by atoms with van der Waals surface area (Å²) in [4.78, 5) is 10.7. The number of likely N-dealkylation sites (tertiary alicyclic amines) is 1. The highest BCUT2D eigenvalue weighted by atomic mass is 16.4. The van der Waals surface area contributed by atoms with E-state index >= 15 is 0 Å². The molecule has 0 bridgehead atoms. The molecule has 84 valence electrons. The molecule has 1 heterocycles. The van der Waals surface area contributed by atoms with E-state index in [0.29, 0.717) is 0 Å². The SMILES string of the molecule is CC(=O)[O-].CCC[NH+]1CCC(CC)C1. The first-order chi connectivity index (χ1) is 6.60. The summed E-state index contributed by atoms with van der Waals surface area (Å²) in [5.41, 5.74) is 0. The highest BCUT2D eigenvalue weighted by Gasteiger charge is 2.23. The fraction of sp³-hybridized carbons (Fsp3) is 0.909. The number of quaternary nitrogens is 1. The Morgan fingerprint density at radius 2 is 2.07 bits per heavy atom. The van der Waals surface area contributed by atoms with Gasteiger partial charge in [0.25, 0.3) is 0 Å². The maximum absolute atomic E-state index is 8.89. The van der Waals surface area contributed by atoms with Crippen molar-refractivity contribution in [3.8, 4) is 0 Å². The van der Waals surface area contributed by atoms with Crippen LogP contribution in [0.2, 0.25) is 0 Å². The molecule has 1 aliphatic rings. The van der Waals surface area contributed by atoms with Crippen molar-refractivity contribution in [2.75, 3.05) is 19.6 Å². The minimum absolute atomic E-state index is 0.972. The van der Waals surface area contributed by atoms with Crippen molar-refractivity contribution in [2.24, 2.45) is 5.92 Å². The topological polar surface area (TPSA) is 44.6 Å². The second-order valence-electron chi connectivity index (χ2n) is 4.01. The zero-order chi connectivity index (χ0) is 11.0. The van der Waals surface area contributed by atoms with Crippen molar-refractivity contribution in [1.29, 1.82) is 0 Å². The first kappa shape index (κ1) is 13.4. The van der Waals surface area contributed by atoms with E-state index < -0.39 is 5.97 Å². The van der Waals surface area contributed by atoms with Crippen molar-refractivity contribution < 1.29 is 14.8 Å². The fourth-order valence-corrected chi connectivity index (χ4v) is 1.95. The van der Waals surface area contributed by atoms with E-state index in [-0.39, 0.29) is 0 Å². The van der Waals surface area contributed by atoms with Gasteiger partial charge in [-0.05, 0) is 19.8 Å². The van der Waals surface area contributed by atoms with Crippen LogP contribution < -0.4 is 10.0 Å². The van der Waals surface area contributed by atoms with Gasteiger partial charge in [-0.25, -0.2) is 0 Å². The lowest BCUT2D eigenvalue weighted by Crippen LogP contribution is -3.10. The van der Waals surface area contributed by atoms with Gasteiger partial charge in [0.1, 0.15) is 0 Å². The molecule has 1 N–H and O–H groups in total. The van der Waals surface area contributed by atoms with Crippen LogP contribution in [0, 0.1) is 5.92 Å². The monoisotopic (exact) mass is 201 g/mol. The van der Waals surface area contributed by atoms with Gasteiger partial charge in [0.2, 0.25) is 0 Å². The fourth-order valence-electron chi connectivity index (χ4n) is 1.95. The van der Waals surface area contributed by atoms with E-state index in [4.69, 9.17) is 9.90 Å². The number of nitrogens with one attached hydrogen (secondary N) is 1. The number of hydrogen-bond donors (Lipinski definition) is 1. The molecule has 14 heavy (non-hydrogen) atoms. The maximum atomic E-state index is 8.89. The summed E-state index contributed by atoms with van der Waals surface area (Å²) in [6.45, 7) is 9.86. The summed E-state index contributed by atoms with van der Waals surface area (Å²) in [5.74, 6) is -0.0402. The van der Waals surface area contributed by atoms with Crippen LogP contribution in [-0.2, 0) is 4.79 Å². The Balaban J connectivity index is 0.000000364. The van der Waals surface area contributed by atoms with Gasteiger partial charge in [0.15, 0.2) is 0 Å². The molecule has 0 radical (unpaired) electrons. The largest absolute Gasteiger partial charge is 0.550 e. The lowest BCUT2D eigenvalue weighted by atomic mass is 10.1. The Labute approximate surface area is 87.1 Å². The molecule has 0 aromatic carbocycles. The Morgan fingerprint density at radius 3 is 2.43 bits per heavy atom. The molecule has 1 rings (SSSR count). The highest BCUT2D eigenvalue weighted by molar-refractivity contribution is 5.60. The van der Waals surface area contributed by atoms with Gasteiger partial charge < -0.3 is 14.8 Å². The molecule has 0 spiro atoms. The second kappa shape index (κ2) is 7.80. The molecule has 2 unspecified atom stereocenters. The molecular formula is C11H23NO2. The Morgan fingerprint density at radius 1 is 1.50 bits per heavy atom. The van der Waals surface area contributed by atoms with E-state index in [2.05, 4.69) is 13.8 Å². The van der Waals surface area contributed by atoms with E-state index in [9.17, 15) is 0 Å². The molecule has 1 saturated heterocycles. The van der Waals surface area contributed by atoms with E-state index in [1.807, 2.05) is 4.90 Å². The zero-order valence-electron chi connectivity index (χ0n) is 9.64. The molecule has 2 atom stereocenters. The molecule has 0 aromatic rings. The lowest BCUT2D eigenvalue weighted by molar-refractivity contribution is -0.889. The summed E-state index contributed by atoms with van der Waals surface area (Å²) in [6.07, 6.45) is 4.23. The summed E-state index contributed by atoms with van der Waals surface area (Å²) >= 11 is 0. The molecule has 0 saturated carbocycles. The number of rotatable bonds is 3. The highest BCUT2D eigenvalue weighted by Crippen LogP contribution is 2.07. The van der Waals surface area contributed by atoms with Crippen molar-refractivity contribution in [2.45, 2.75) is 40.0 Å². The van der Waals surface area contributed by atoms with Crippen LogP contribution in [0.3, 0.4) is 0 Å². The Bertz CT molecular complexity index is 155. The first-order valence-electron chi connectivity index (χ1n) is 5.61. The van der Waals surface area contributed by atoms with Crippen LogP contribution in [0.5, 0.6) is 0 Å².